The summed E-state index contributed by atoms with van der Waals surface area (Å²) in [5.41, 5.74) is 0.987. The summed E-state index contributed by atoms with van der Waals surface area (Å²) in [7, 11) is -3.68. The smallest absolute Gasteiger partial charge is 0.271 e. The Hall–Kier alpha value is -3.50. The van der Waals surface area contributed by atoms with Gasteiger partial charge in [-0.15, -0.1) is 5.10 Å². The van der Waals surface area contributed by atoms with Crippen molar-refractivity contribution in [2.45, 2.75) is 18.2 Å². The molecular weight excluding hydrogens is 442 g/mol. The molecule has 0 bridgehead atoms. The summed E-state index contributed by atoms with van der Waals surface area (Å²) < 4.78 is 29.1. The molecule has 1 aromatic heterocycles. The normalized spacial score (nSPS) is 15.1. The SMILES string of the molecule is CC(=O)Nc1ccc(S(=O)(=O)N2CCCN(c3ccc(=O)n(-c4ccccc4)n3)CC2)cc1. The zero-order valence-electron chi connectivity index (χ0n) is 18.2. The van der Waals surface area contributed by atoms with Crippen LogP contribution in [-0.2, 0) is 14.8 Å². The molecule has 0 radical (unpaired) electrons. The maximum absolute atomic E-state index is 13.2. The van der Waals surface area contributed by atoms with Gasteiger partial charge in [0.2, 0.25) is 15.9 Å². The first-order valence-corrected chi connectivity index (χ1v) is 12.1. The number of benzene rings is 2. The zero-order chi connectivity index (χ0) is 23.4. The average Bonchev–Trinajstić information content (AvgIpc) is 3.07. The van der Waals surface area contributed by atoms with E-state index in [1.54, 1.807) is 18.2 Å². The van der Waals surface area contributed by atoms with E-state index in [0.29, 0.717) is 49.8 Å². The number of nitrogens with one attached hydrogen (secondary N) is 1. The molecule has 0 spiro atoms. The summed E-state index contributed by atoms with van der Waals surface area (Å²) in [6.07, 6.45) is 0.620. The molecule has 1 aliphatic rings. The Morgan fingerprint density at radius 3 is 2.33 bits per heavy atom. The van der Waals surface area contributed by atoms with E-state index < -0.39 is 10.0 Å². The molecule has 0 unspecified atom stereocenters. The molecule has 9 nitrogen and oxygen atoms in total. The lowest BCUT2D eigenvalue weighted by molar-refractivity contribution is -0.114. The van der Waals surface area contributed by atoms with E-state index in [4.69, 9.17) is 0 Å². The van der Waals surface area contributed by atoms with Crippen molar-refractivity contribution in [2.24, 2.45) is 0 Å². The van der Waals surface area contributed by atoms with Crippen LogP contribution < -0.4 is 15.8 Å². The Balaban J connectivity index is 1.51. The molecular formula is C23H25N5O4S. The van der Waals surface area contributed by atoms with Crippen LogP contribution in [0.2, 0.25) is 0 Å². The van der Waals surface area contributed by atoms with Crippen molar-refractivity contribution in [3.05, 3.63) is 77.1 Å². The summed E-state index contributed by atoms with van der Waals surface area (Å²) >= 11 is 0. The molecule has 0 saturated carbocycles. The molecule has 2 aromatic carbocycles. The maximum atomic E-state index is 13.2. The molecule has 10 heteroatoms. The number of rotatable bonds is 5. The summed E-state index contributed by atoms with van der Waals surface area (Å²) in [5.74, 6) is 0.405. The number of hydrogen-bond donors (Lipinski definition) is 1. The highest BCUT2D eigenvalue weighted by molar-refractivity contribution is 7.89. The minimum Gasteiger partial charge on any atom is -0.354 e. The van der Waals surface area contributed by atoms with Crippen molar-refractivity contribution in [3.8, 4) is 5.69 Å². The molecule has 1 aliphatic heterocycles. The first-order valence-electron chi connectivity index (χ1n) is 10.6. The summed E-state index contributed by atoms with van der Waals surface area (Å²) in [5, 5.41) is 7.15. The Morgan fingerprint density at radius 2 is 1.64 bits per heavy atom. The third kappa shape index (κ3) is 5.12. The molecule has 4 rings (SSSR count). The fourth-order valence-corrected chi connectivity index (χ4v) is 5.22. The van der Waals surface area contributed by atoms with Crippen molar-refractivity contribution < 1.29 is 13.2 Å². The monoisotopic (exact) mass is 467 g/mol. The van der Waals surface area contributed by atoms with Gasteiger partial charge in [0.1, 0.15) is 5.82 Å². The molecule has 1 N–H and O–H groups in total. The van der Waals surface area contributed by atoms with Crippen molar-refractivity contribution >= 4 is 27.4 Å². The van der Waals surface area contributed by atoms with Gasteiger partial charge in [-0.25, -0.2) is 8.42 Å². The fourth-order valence-electron chi connectivity index (χ4n) is 3.75. The molecule has 1 saturated heterocycles. The number of sulfonamides is 1. The van der Waals surface area contributed by atoms with Gasteiger partial charge in [-0.05, 0) is 48.9 Å². The van der Waals surface area contributed by atoms with Crippen molar-refractivity contribution in [2.75, 3.05) is 36.4 Å². The van der Waals surface area contributed by atoms with Gasteiger partial charge in [0.15, 0.2) is 0 Å². The van der Waals surface area contributed by atoms with Gasteiger partial charge in [0.25, 0.3) is 5.56 Å². The standard InChI is InChI=1S/C23H25N5O4S/c1-18(29)24-19-8-10-21(11-9-19)33(31,32)27-15-5-14-26(16-17-27)22-12-13-23(30)28(25-22)20-6-3-2-4-7-20/h2-4,6-13H,5,14-17H2,1H3,(H,24,29). The third-order valence-corrected chi connectivity index (χ3v) is 7.29. The third-order valence-electron chi connectivity index (χ3n) is 5.38. The predicted molar refractivity (Wildman–Crippen MR) is 126 cm³/mol. The van der Waals surface area contributed by atoms with Crippen LogP contribution in [0.25, 0.3) is 5.69 Å². The Bertz CT molecular complexity index is 1290. The second kappa shape index (κ2) is 9.55. The van der Waals surface area contributed by atoms with Gasteiger partial charge in [0, 0.05) is 44.9 Å². The van der Waals surface area contributed by atoms with Crippen LogP contribution in [0, 0.1) is 0 Å². The molecule has 3 aromatic rings. The highest BCUT2D eigenvalue weighted by Gasteiger charge is 2.27. The lowest BCUT2D eigenvalue weighted by Crippen LogP contribution is -2.36. The minimum atomic E-state index is -3.68. The van der Waals surface area contributed by atoms with Crippen LogP contribution in [0.5, 0.6) is 0 Å². The van der Waals surface area contributed by atoms with E-state index in [1.165, 1.54) is 34.1 Å². The van der Waals surface area contributed by atoms with Crippen molar-refractivity contribution in [3.63, 3.8) is 0 Å². The van der Waals surface area contributed by atoms with E-state index in [0.717, 1.165) is 0 Å². The molecule has 172 valence electrons. The van der Waals surface area contributed by atoms with Gasteiger partial charge in [-0.1, -0.05) is 18.2 Å². The summed E-state index contributed by atoms with van der Waals surface area (Å²) in [6, 6.07) is 18.5. The second-order valence-corrected chi connectivity index (χ2v) is 9.67. The van der Waals surface area contributed by atoms with Crippen molar-refractivity contribution in [1.82, 2.24) is 14.1 Å². The van der Waals surface area contributed by atoms with Crippen LogP contribution >= 0.6 is 0 Å². The molecule has 0 atom stereocenters. The molecule has 33 heavy (non-hydrogen) atoms. The van der Waals surface area contributed by atoms with Gasteiger partial charge < -0.3 is 10.2 Å². The molecule has 1 fully saturated rings. The Labute approximate surface area is 192 Å². The minimum absolute atomic E-state index is 0.181. The first-order chi connectivity index (χ1) is 15.8. The highest BCUT2D eigenvalue weighted by Crippen LogP contribution is 2.21. The Kier molecular flexibility index (Phi) is 6.57. The van der Waals surface area contributed by atoms with Gasteiger partial charge in [-0.3, -0.25) is 9.59 Å². The van der Waals surface area contributed by atoms with Crippen molar-refractivity contribution in [1.29, 1.82) is 0 Å². The van der Waals surface area contributed by atoms with Gasteiger partial charge in [-0.2, -0.15) is 8.99 Å². The second-order valence-electron chi connectivity index (χ2n) is 7.73. The number of anilines is 2. The van der Waals surface area contributed by atoms with Crippen LogP contribution in [0.3, 0.4) is 0 Å². The number of carbonyl (C=O) groups is 1. The molecule has 2 heterocycles. The van der Waals surface area contributed by atoms with E-state index in [2.05, 4.69) is 10.4 Å². The van der Waals surface area contributed by atoms with E-state index >= 15 is 0 Å². The van der Waals surface area contributed by atoms with E-state index in [9.17, 15) is 18.0 Å². The molecule has 1 amide bonds. The van der Waals surface area contributed by atoms with Gasteiger partial charge >= 0.3 is 0 Å². The van der Waals surface area contributed by atoms with Crippen LogP contribution in [0.4, 0.5) is 11.5 Å². The summed E-state index contributed by atoms with van der Waals surface area (Å²) in [6.45, 7) is 3.14. The summed E-state index contributed by atoms with van der Waals surface area (Å²) in [4.78, 5) is 25.7. The number of amides is 1. The van der Waals surface area contributed by atoms with Crippen LogP contribution in [0.15, 0.2) is 76.4 Å². The number of para-hydroxylation sites is 1. The predicted octanol–water partition coefficient (Wildman–Crippen LogP) is 2.09. The molecule has 0 aliphatic carbocycles. The highest BCUT2D eigenvalue weighted by atomic mass is 32.2. The number of aromatic nitrogens is 2. The van der Waals surface area contributed by atoms with Gasteiger partial charge in [0.05, 0.1) is 10.6 Å². The number of nitrogens with zero attached hydrogens (tertiary/aromatic N) is 4. The lowest BCUT2D eigenvalue weighted by Gasteiger charge is -2.23. The average molecular weight is 468 g/mol. The van der Waals surface area contributed by atoms with Crippen LogP contribution in [0.1, 0.15) is 13.3 Å². The van der Waals surface area contributed by atoms with Crippen LogP contribution in [-0.4, -0.2) is 54.6 Å². The zero-order valence-corrected chi connectivity index (χ0v) is 19.0. The maximum Gasteiger partial charge on any atom is 0.271 e. The van der Waals surface area contributed by atoms with E-state index in [1.807, 2.05) is 35.2 Å². The number of hydrogen-bond acceptors (Lipinski definition) is 6. The quantitative estimate of drug-likeness (QED) is 0.616. The van der Waals surface area contributed by atoms with E-state index in [-0.39, 0.29) is 16.4 Å². The largest absolute Gasteiger partial charge is 0.354 e. The lowest BCUT2D eigenvalue weighted by atomic mass is 10.3. The topological polar surface area (TPSA) is 105 Å². The Morgan fingerprint density at radius 1 is 0.909 bits per heavy atom. The fraction of sp³-hybridized carbons (Fsp3) is 0.261. The number of carbonyl (C=O) groups excluding carboxylic acids is 1. The first kappa shape index (κ1) is 22.7.